The number of piperidine rings is 1. The van der Waals surface area contributed by atoms with E-state index in [-0.39, 0.29) is 17.7 Å². The standard InChI is InChI=1S/C15H22N2O2/c1-10-5-6-12(8-14(10)18)15(19)17-7-3-4-13(9-17)11(2)16/h5-6,8,11,13,18H,3-4,7,9,16H2,1-2H3. The van der Waals surface area contributed by atoms with Gasteiger partial charge in [0.2, 0.25) is 0 Å². The summed E-state index contributed by atoms with van der Waals surface area (Å²) < 4.78 is 0. The SMILES string of the molecule is Cc1ccc(C(=O)N2CCCC(C(C)N)C2)cc1O. The molecule has 1 aromatic carbocycles. The van der Waals surface area contributed by atoms with E-state index in [0.717, 1.165) is 24.9 Å². The minimum atomic E-state index is -0.0133. The zero-order valence-corrected chi connectivity index (χ0v) is 11.6. The second kappa shape index (κ2) is 5.61. The Balaban J connectivity index is 2.12. The third-order valence-electron chi connectivity index (χ3n) is 3.94. The number of carbonyl (C=O) groups excluding carboxylic acids is 1. The van der Waals surface area contributed by atoms with E-state index in [1.165, 1.54) is 0 Å². The maximum absolute atomic E-state index is 12.4. The van der Waals surface area contributed by atoms with Crippen LogP contribution in [0, 0.1) is 12.8 Å². The second-order valence-corrected chi connectivity index (χ2v) is 5.51. The Morgan fingerprint density at radius 1 is 1.53 bits per heavy atom. The van der Waals surface area contributed by atoms with Crippen LogP contribution in [0.1, 0.15) is 35.7 Å². The molecule has 2 rings (SSSR count). The lowest BCUT2D eigenvalue weighted by Crippen LogP contribution is -2.45. The van der Waals surface area contributed by atoms with Gasteiger partial charge in [-0.05, 0) is 50.3 Å². The Hall–Kier alpha value is -1.55. The number of benzene rings is 1. The minimum Gasteiger partial charge on any atom is -0.508 e. The summed E-state index contributed by atoms with van der Waals surface area (Å²) in [4.78, 5) is 14.3. The largest absolute Gasteiger partial charge is 0.508 e. The Morgan fingerprint density at radius 2 is 2.26 bits per heavy atom. The summed E-state index contributed by atoms with van der Waals surface area (Å²) in [5, 5.41) is 9.70. The molecule has 1 aliphatic rings. The summed E-state index contributed by atoms with van der Waals surface area (Å²) >= 11 is 0. The fourth-order valence-corrected chi connectivity index (χ4v) is 2.55. The molecule has 1 aliphatic heterocycles. The molecule has 4 nitrogen and oxygen atoms in total. The number of hydrogen-bond donors (Lipinski definition) is 2. The Kier molecular flexibility index (Phi) is 4.10. The number of aryl methyl sites for hydroxylation is 1. The molecule has 1 aromatic rings. The Labute approximate surface area is 114 Å². The first-order chi connectivity index (χ1) is 8.99. The van der Waals surface area contributed by atoms with Gasteiger partial charge in [0.1, 0.15) is 5.75 Å². The molecule has 1 heterocycles. The van der Waals surface area contributed by atoms with E-state index in [4.69, 9.17) is 5.73 Å². The number of nitrogens with two attached hydrogens (primary N) is 1. The van der Waals surface area contributed by atoms with E-state index in [1.54, 1.807) is 18.2 Å². The molecule has 104 valence electrons. The van der Waals surface area contributed by atoms with Crippen LogP contribution in [0.4, 0.5) is 0 Å². The highest BCUT2D eigenvalue weighted by Gasteiger charge is 2.26. The van der Waals surface area contributed by atoms with Crippen molar-refractivity contribution in [3.63, 3.8) is 0 Å². The molecule has 1 amide bonds. The zero-order chi connectivity index (χ0) is 14.0. The minimum absolute atomic E-state index is 0.0133. The van der Waals surface area contributed by atoms with Crippen LogP contribution in [0.25, 0.3) is 0 Å². The van der Waals surface area contributed by atoms with Crippen molar-refractivity contribution < 1.29 is 9.90 Å². The number of nitrogens with zero attached hydrogens (tertiary/aromatic N) is 1. The number of aromatic hydroxyl groups is 1. The third kappa shape index (κ3) is 3.07. The molecular formula is C15H22N2O2. The van der Waals surface area contributed by atoms with Gasteiger partial charge in [0.15, 0.2) is 0 Å². The lowest BCUT2D eigenvalue weighted by molar-refractivity contribution is 0.0660. The van der Waals surface area contributed by atoms with Crippen LogP contribution in [0.3, 0.4) is 0 Å². The first kappa shape index (κ1) is 13.9. The Bertz CT molecular complexity index is 471. The summed E-state index contributed by atoms with van der Waals surface area (Å²) in [6.45, 7) is 5.30. The lowest BCUT2D eigenvalue weighted by Gasteiger charge is -2.34. The van der Waals surface area contributed by atoms with Gasteiger partial charge in [-0.2, -0.15) is 0 Å². The summed E-state index contributed by atoms with van der Waals surface area (Å²) in [6.07, 6.45) is 2.08. The lowest BCUT2D eigenvalue weighted by atomic mass is 9.92. The number of hydrogen-bond acceptors (Lipinski definition) is 3. The van der Waals surface area contributed by atoms with Gasteiger partial charge in [-0.1, -0.05) is 6.07 Å². The van der Waals surface area contributed by atoms with E-state index in [0.29, 0.717) is 18.0 Å². The average molecular weight is 262 g/mol. The Morgan fingerprint density at radius 3 is 2.89 bits per heavy atom. The number of phenols is 1. The van der Waals surface area contributed by atoms with E-state index in [1.807, 2.05) is 18.7 Å². The van der Waals surface area contributed by atoms with E-state index in [9.17, 15) is 9.90 Å². The van der Waals surface area contributed by atoms with E-state index < -0.39 is 0 Å². The number of phenolic OH excluding ortho intramolecular Hbond substituents is 1. The predicted octanol–water partition coefficient (Wildman–Crippen LogP) is 1.90. The van der Waals surface area contributed by atoms with Crippen molar-refractivity contribution in [2.24, 2.45) is 11.7 Å². The molecule has 1 fully saturated rings. The number of rotatable bonds is 2. The predicted molar refractivity (Wildman–Crippen MR) is 75.1 cm³/mol. The average Bonchev–Trinajstić information content (AvgIpc) is 2.41. The fourth-order valence-electron chi connectivity index (χ4n) is 2.55. The quantitative estimate of drug-likeness (QED) is 0.855. The molecule has 2 unspecified atom stereocenters. The molecule has 4 heteroatoms. The first-order valence-electron chi connectivity index (χ1n) is 6.83. The van der Waals surface area contributed by atoms with Crippen LogP contribution in [0.5, 0.6) is 5.75 Å². The van der Waals surface area contributed by atoms with Gasteiger partial charge in [-0.25, -0.2) is 0 Å². The van der Waals surface area contributed by atoms with Gasteiger partial charge in [-0.15, -0.1) is 0 Å². The van der Waals surface area contributed by atoms with Crippen LogP contribution in [-0.2, 0) is 0 Å². The normalized spacial score (nSPS) is 21.2. The number of amides is 1. The van der Waals surface area contributed by atoms with Crippen molar-refractivity contribution in [2.75, 3.05) is 13.1 Å². The third-order valence-corrected chi connectivity index (χ3v) is 3.94. The van der Waals surface area contributed by atoms with Crippen molar-refractivity contribution in [1.82, 2.24) is 4.90 Å². The van der Waals surface area contributed by atoms with Gasteiger partial charge >= 0.3 is 0 Å². The van der Waals surface area contributed by atoms with Gasteiger partial charge in [0.25, 0.3) is 5.91 Å². The van der Waals surface area contributed by atoms with Crippen LogP contribution in [0.15, 0.2) is 18.2 Å². The molecule has 19 heavy (non-hydrogen) atoms. The van der Waals surface area contributed by atoms with Crippen LogP contribution < -0.4 is 5.73 Å². The maximum atomic E-state index is 12.4. The molecule has 0 radical (unpaired) electrons. The number of likely N-dealkylation sites (tertiary alicyclic amines) is 1. The molecule has 0 aliphatic carbocycles. The first-order valence-corrected chi connectivity index (χ1v) is 6.83. The fraction of sp³-hybridized carbons (Fsp3) is 0.533. The van der Waals surface area contributed by atoms with Gasteiger partial charge in [-0.3, -0.25) is 4.79 Å². The summed E-state index contributed by atoms with van der Waals surface area (Å²) in [5.74, 6) is 0.531. The maximum Gasteiger partial charge on any atom is 0.253 e. The topological polar surface area (TPSA) is 66.6 Å². The number of carbonyl (C=O) groups is 1. The van der Waals surface area contributed by atoms with Crippen molar-refractivity contribution >= 4 is 5.91 Å². The highest BCUT2D eigenvalue weighted by molar-refractivity contribution is 5.94. The summed E-state index contributed by atoms with van der Waals surface area (Å²) in [5.41, 5.74) is 7.26. The van der Waals surface area contributed by atoms with E-state index in [2.05, 4.69) is 0 Å². The molecule has 0 spiro atoms. The zero-order valence-electron chi connectivity index (χ0n) is 11.6. The molecule has 3 N–H and O–H groups in total. The highest BCUT2D eigenvalue weighted by atomic mass is 16.3. The van der Waals surface area contributed by atoms with E-state index >= 15 is 0 Å². The van der Waals surface area contributed by atoms with Gasteiger partial charge in [0.05, 0.1) is 0 Å². The van der Waals surface area contributed by atoms with Gasteiger partial charge in [0, 0.05) is 24.7 Å². The summed E-state index contributed by atoms with van der Waals surface area (Å²) in [7, 11) is 0. The molecule has 0 aromatic heterocycles. The van der Waals surface area contributed by atoms with Crippen LogP contribution in [0.2, 0.25) is 0 Å². The van der Waals surface area contributed by atoms with Crippen molar-refractivity contribution in [3.8, 4) is 5.75 Å². The molecule has 0 saturated carbocycles. The summed E-state index contributed by atoms with van der Waals surface area (Å²) in [6, 6.07) is 5.21. The van der Waals surface area contributed by atoms with Crippen LogP contribution in [-0.4, -0.2) is 35.0 Å². The van der Waals surface area contributed by atoms with Crippen molar-refractivity contribution in [3.05, 3.63) is 29.3 Å². The molecular weight excluding hydrogens is 240 g/mol. The monoisotopic (exact) mass is 262 g/mol. The molecule has 2 atom stereocenters. The second-order valence-electron chi connectivity index (χ2n) is 5.51. The van der Waals surface area contributed by atoms with Crippen molar-refractivity contribution in [1.29, 1.82) is 0 Å². The smallest absolute Gasteiger partial charge is 0.253 e. The molecule has 0 bridgehead atoms. The van der Waals surface area contributed by atoms with Gasteiger partial charge < -0.3 is 15.7 Å². The molecule has 1 saturated heterocycles. The highest BCUT2D eigenvalue weighted by Crippen LogP contribution is 2.23. The van der Waals surface area contributed by atoms with Crippen molar-refractivity contribution in [2.45, 2.75) is 32.7 Å². The van der Waals surface area contributed by atoms with Crippen LogP contribution >= 0.6 is 0 Å².